The molecule has 0 amide bonds. The summed E-state index contributed by atoms with van der Waals surface area (Å²) in [5, 5.41) is 42.8. The second-order valence-corrected chi connectivity index (χ2v) is 14.7. The number of hydrogen-bond donors (Lipinski definition) is 4. The molecule has 2 heterocycles. The molecule has 0 aromatic heterocycles. The third kappa shape index (κ3) is 10.3. The number of hydrogen-bond acceptors (Lipinski definition) is 7. The Balaban J connectivity index is 1.03. The topological polar surface area (TPSA) is 96.6 Å². The molecule has 4 N–H and O–H groups in total. The zero-order valence-electron chi connectivity index (χ0n) is 28.2. The first-order valence-corrected chi connectivity index (χ1v) is 17.8. The Bertz CT molecular complexity index is 1540. The van der Waals surface area contributed by atoms with Crippen LogP contribution in [0.1, 0.15) is 59.9 Å². The lowest BCUT2D eigenvalue weighted by Crippen LogP contribution is -2.46. The van der Waals surface area contributed by atoms with E-state index in [0.717, 1.165) is 29.8 Å². The first kappa shape index (κ1) is 40.6. The second-order valence-electron chi connectivity index (χ2n) is 13.9. The van der Waals surface area contributed by atoms with Gasteiger partial charge in [-0.15, -0.1) is 0 Å². The molecule has 3 aromatic carbocycles. The fourth-order valence-electron chi connectivity index (χ4n) is 6.91. The SMILES string of the molecule is OC(CCc1cccc(OCC(O)CN2CCC(O)(c3ccc(Cl)c(C(F)(F)F)c3)CC2)c1)CN1CCC(O)(c2ccc(Cl)c(C(F)(F)F)c2)CC1. The molecular formula is C37H42Cl2F6N2O5. The molecule has 2 atom stereocenters. The standard InChI is InChI=1S/C37H42Cl2F6N2O5/c38-32-8-5-25(19-30(32)36(40,41)42)34(50)10-14-46(15-11-34)21-27(48)7-4-24-2-1-3-29(18-24)52-23-28(49)22-47-16-12-35(51,13-17-47)26-6-9-33(39)31(20-26)37(43,44)45/h1-3,5-6,8-9,18-20,27-28,48-51H,4,7,10-17,21-23H2. The van der Waals surface area contributed by atoms with Crippen molar-refractivity contribution in [3.63, 3.8) is 0 Å². The van der Waals surface area contributed by atoms with Gasteiger partial charge in [0.1, 0.15) is 18.5 Å². The molecule has 0 spiro atoms. The van der Waals surface area contributed by atoms with Gasteiger partial charge in [0.25, 0.3) is 0 Å². The van der Waals surface area contributed by atoms with Crippen LogP contribution in [0.15, 0.2) is 60.7 Å². The maximum Gasteiger partial charge on any atom is 0.417 e. The van der Waals surface area contributed by atoms with Crippen molar-refractivity contribution in [3.8, 4) is 5.75 Å². The summed E-state index contributed by atoms with van der Waals surface area (Å²) in [5.41, 5.74) is -3.61. The van der Waals surface area contributed by atoms with Crippen molar-refractivity contribution in [1.29, 1.82) is 0 Å². The molecule has 0 aliphatic carbocycles. The predicted molar refractivity (Wildman–Crippen MR) is 184 cm³/mol. The second kappa shape index (κ2) is 16.4. The summed E-state index contributed by atoms with van der Waals surface area (Å²) in [6.07, 6.45) is -9.05. The third-order valence-electron chi connectivity index (χ3n) is 10.0. The monoisotopic (exact) mass is 778 g/mol. The summed E-state index contributed by atoms with van der Waals surface area (Å²) in [5.74, 6) is 0.536. The van der Waals surface area contributed by atoms with Crippen molar-refractivity contribution in [1.82, 2.24) is 9.80 Å². The van der Waals surface area contributed by atoms with Crippen molar-refractivity contribution in [2.45, 2.75) is 74.3 Å². The third-order valence-corrected chi connectivity index (χ3v) is 10.7. The van der Waals surface area contributed by atoms with Crippen LogP contribution < -0.4 is 4.74 Å². The van der Waals surface area contributed by atoms with Crippen LogP contribution >= 0.6 is 23.2 Å². The molecule has 2 fully saturated rings. The van der Waals surface area contributed by atoms with E-state index in [-0.39, 0.29) is 50.0 Å². The number of aryl methyl sites for hydroxylation is 1. The maximum absolute atomic E-state index is 13.3. The van der Waals surface area contributed by atoms with Crippen LogP contribution in [-0.2, 0) is 30.0 Å². The van der Waals surface area contributed by atoms with E-state index in [1.54, 1.807) is 6.07 Å². The average Bonchev–Trinajstić information content (AvgIpc) is 3.08. The van der Waals surface area contributed by atoms with Gasteiger partial charge in [0.05, 0.1) is 38.5 Å². The number of halogens is 8. The summed E-state index contributed by atoms with van der Waals surface area (Å²) in [6, 6.07) is 14.2. The summed E-state index contributed by atoms with van der Waals surface area (Å²) in [6.45, 7) is 2.10. The zero-order chi connectivity index (χ0) is 37.9. The van der Waals surface area contributed by atoms with Crippen molar-refractivity contribution >= 4 is 23.2 Å². The molecule has 2 aliphatic rings. The van der Waals surface area contributed by atoms with Gasteiger partial charge in [0.15, 0.2) is 0 Å². The normalized spacial score (nSPS) is 19.7. The van der Waals surface area contributed by atoms with Gasteiger partial charge in [0, 0.05) is 39.3 Å². The van der Waals surface area contributed by atoms with E-state index < -0.39 is 56.9 Å². The molecule has 2 aliphatic heterocycles. The molecule has 2 unspecified atom stereocenters. The molecule has 15 heteroatoms. The van der Waals surface area contributed by atoms with Crippen LogP contribution in [0, 0.1) is 0 Å². The van der Waals surface area contributed by atoms with E-state index in [1.165, 1.54) is 12.1 Å². The number of β-amino-alcohol motifs (C(OH)–C–C–N with tert-alkyl or cyclic N) is 2. The minimum Gasteiger partial charge on any atom is -0.491 e. The molecule has 5 rings (SSSR count). The predicted octanol–water partition coefficient (Wildman–Crippen LogP) is 7.03. The van der Waals surface area contributed by atoms with Gasteiger partial charge in [-0.2, -0.15) is 26.3 Å². The number of nitrogens with zero attached hydrogens (tertiary/aromatic N) is 2. The Morgan fingerprint density at radius 2 is 1.13 bits per heavy atom. The van der Waals surface area contributed by atoms with Crippen LogP contribution in [0.2, 0.25) is 10.0 Å². The van der Waals surface area contributed by atoms with E-state index in [4.69, 9.17) is 27.9 Å². The van der Waals surface area contributed by atoms with Gasteiger partial charge in [-0.05, 0) is 91.6 Å². The highest BCUT2D eigenvalue weighted by atomic mass is 35.5. The molecule has 0 radical (unpaired) electrons. The largest absolute Gasteiger partial charge is 0.491 e. The fraction of sp³-hybridized carbons (Fsp3) is 0.514. The molecule has 3 aromatic rings. The number of aliphatic hydroxyl groups excluding tert-OH is 2. The Hall–Kier alpha value is -2.62. The Morgan fingerprint density at radius 1 is 0.673 bits per heavy atom. The number of aliphatic hydroxyl groups is 4. The highest BCUT2D eigenvalue weighted by molar-refractivity contribution is 6.31. The van der Waals surface area contributed by atoms with Crippen molar-refractivity contribution < 1.29 is 51.5 Å². The van der Waals surface area contributed by atoms with Crippen LogP contribution in [0.3, 0.4) is 0 Å². The van der Waals surface area contributed by atoms with E-state index >= 15 is 0 Å². The highest BCUT2D eigenvalue weighted by Gasteiger charge is 2.40. The first-order chi connectivity index (χ1) is 24.3. The Labute approximate surface area is 308 Å². The van der Waals surface area contributed by atoms with Gasteiger partial charge in [-0.1, -0.05) is 47.5 Å². The lowest BCUT2D eigenvalue weighted by Gasteiger charge is -2.39. The molecular weight excluding hydrogens is 737 g/mol. The minimum atomic E-state index is -4.64. The molecule has 2 saturated heterocycles. The van der Waals surface area contributed by atoms with Gasteiger partial charge >= 0.3 is 12.4 Å². The van der Waals surface area contributed by atoms with E-state index in [0.29, 0.717) is 51.3 Å². The van der Waals surface area contributed by atoms with E-state index in [1.807, 2.05) is 28.0 Å². The summed E-state index contributed by atoms with van der Waals surface area (Å²) < 4.78 is 85.9. The van der Waals surface area contributed by atoms with Crippen LogP contribution in [0.5, 0.6) is 5.75 Å². The molecule has 7 nitrogen and oxygen atoms in total. The first-order valence-electron chi connectivity index (χ1n) is 17.1. The maximum atomic E-state index is 13.3. The van der Waals surface area contributed by atoms with Gasteiger partial charge in [0.2, 0.25) is 0 Å². The Morgan fingerprint density at radius 3 is 1.60 bits per heavy atom. The number of alkyl halides is 6. The molecule has 52 heavy (non-hydrogen) atoms. The Kier molecular flexibility index (Phi) is 12.8. The van der Waals surface area contributed by atoms with Gasteiger partial charge in [-0.25, -0.2) is 0 Å². The lowest BCUT2D eigenvalue weighted by atomic mass is 9.83. The van der Waals surface area contributed by atoms with Crippen LogP contribution in [0.4, 0.5) is 26.3 Å². The molecule has 0 saturated carbocycles. The lowest BCUT2D eigenvalue weighted by molar-refractivity contribution is -0.138. The molecule has 286 valence electrons. The number of likely N-dealkylation sites (tertiary alicyclic amines) is 2. The summed E-state index contributed by atoms with van der Waals surface area (Å²) >= 11 is 11.5. The van der Waals surface area contributed by atoms with Crippen LogP contribution in [0.25, 0.3) is 0 Å². The number of ether oxygens (including phenoxy) is 1. The van der Waals surface area contributed by atoms with Crippen molar-refractivity contribution in [2.24, 2.45) is 0 Å². The fourth-order valence-corrected chi connectivity index (χ4v) is 7.36. The van der Waals surface area contributed by atoms with Crippen LogP contribution in [-0.4, -0.2) is 88.3 Å². The van der Waals surface area contributed by atoms with Gasteiger partial charge in [-0.3, -0.25) is 0 Å². The quantitative estimate of drug-likeness (QED) is 0.147. The minimum absolute atomic E-state index is 0.00613. The summed E-state index contributed by atoms with van der Waals surface area (Å²) in [7, 11) is 0. The number of piperidine rings is 2. The van der Waals surface area contributed by atoms with Gasteiger partial charge < -0.3 is 35.0 Å². The van der Waals surface area contributed by atoms with E-state index in [9.17, 15) is 46.8 Å². The van der Waals surface area contributed by atoms with E-state index in [2.05, 4.69) is 0 Å². The van der Waals surface area contributed by atoms with Crippen molar-refractivity contribution in [2.75, 3.05) is 45.9 Å². The highest BCUT2D eigenvalue weighted by Crippen LogP contribution is 2.41. The zero-order valence-corrected chi connectivity index (χ0v) is 29.7. The number of benzene rings is 3. The number of rotatable bonds is 12. The summed E-state index contributed by atoms with van der Waals surface area (Å²) in [4.78, 5) is 3.90. The smallest absolute Gasteiger partial charge is 0.417 e. The molecule has 0 bridgehead atoms. The average molecular weight is 780 g/mol. The van der Waals surface area contributed by atoms with Crippen molar-refractivity contribution in [3.05, 3.63) is 98.5 Å².